The van der Waals surface area contributed by atoms with Gasteiger partial charge >= 0.3 is 0 Å². The zero-order valence-corrected chi connectivity index (χ0v) is 13.8. The number of hydrogen-bond donors (Lipinski definition) is 1. The van der Waals surface area contributed by atoms with Crippen LogP contribution >= 0.6 is 0 Å². The van der Waals surface area contributed by atoms with Crippen LogP contribution in [0, 0.1) is 11.3 Å². The second-order valence-electron chi connectivity index (χ2n) is 4.80. The maximum Gasteiger partial charge on any atom is 0.288 e. The van der Waals surface area contributed by atoms with Crippen molar-refractivity contribution in [2.75, 3.05) is 19.5 Å². The van der Waals surface area contributed by atoms with Crippen LogP contribution in [0.3, 0.4) is 0 Å². The molecule has 2 amide bonds. The molecular weight excluding hydrogens is 326 g/mol. The monoisotopic (exact) mass is 341 g/mol. The Morgan fingerprint density at radius 1 is 1.40 bits per heavy atom. The molecule has 25 heavy (non-hydrogen) atoms. The molecule has 11 heteroatoms. The average molecular weight is 341 g/mol. The molecule has 0 aliphatic rings. The van der Waals surface area contributed by atoms with Crippen molar-refractivity contribution in [1.82, 2.24) is 29.8 Å². The predicted molar refractivity (Wildman–Crippen MR) is 87.2 cm³/mol. The summed E-state index contributed by atoms with van der Waals surface area (Å²) in [5.41, 5.74) is 2.91. The number of hydrazone groups is 1. The summed E-state index contributed by atoms with van der Waals surface area (Å²) < 4.78 is 1.29. The van der Waals surface area contributed by atoms with Gasteiger partial charge in [-0.3, -0.25) is 20.0 Å². The summed E-state index contributed by atoms with van der Waals surface area (Å²) in [7, 11) is 2.86. The van der Waals surface area contributed by atoms with Gasteiger partial charge in [0.15, 0.2) is 5.82 Å². The number of rotatable bonds is 6. The van der Waals surface area contributed by atoms with Crippen LogP contribution in [0.4, 0.5) is 5.82 Å². The largest absolute Gasteiger partial charge is 0.288 e. The zero-order valence-electron chi connectivity index (χ0n) is 13.8. The standard InChI is InChI=1S/C14H15N9O2/c1-10(13(25)22(3)21(2)9-24)19-20-12-11(7-15)8-18-23(12)14-16-5-4-6-17-14/h4-6,8-9,20H,1-3H3. The summed E-state index contributed by atoms with van der Waals surface area (Å²) in [6.45, 7) is 1.47. The highest BCUT2D eigenvalue weighted by Crippen LogP contribution is 2.17. The number of amides is 2. The van der Waals surface area contributed by atoms with Gasteiger partial charge in [-0.2, -0.15) is 20.1 Å². The normalized spacial score (nSPS) is 10.7. The van der Waals surface area contributed by atoms with Crippen molar-refractivity contribution in [2.24, 2.45) is 5.10 Å². The average Bonchev–Trinajstić information content (AvgIpc) is 3.07. The third-order valence-corrected chi connectivity index (χ3v) is 3.19. The van der Waals surface area contributed by atoms with Gasteiger partial charge in [0.25, 0.3) is 11.9 Å². The fraction of sp³-hybridized carbons (Fsp3) is 0.214. The lowest BCUT2D eigenvalue weighted by Crippen LogP contribution is -2.43. The van der Waals surface area contributed by atoms with Gasteiger partial charge in [-0.05, 0) is 13.0 Å². The summed E-state index contributed by atoms with van der Waals surface area (Å²) in [4.78, 5) is 31.0. The first-order chi connectivity index (χ1) is 12.0. The van der Waals surface area contributed by atoms with E-state index in [1.165, 1.54) is 44.3 Å². The zero-order chi connectivity index (χ0) is 18.4. The van der Waals surface area contributed by atoms with Gasteiger partial charge in [-0.1, -0.05) is 0 Å². The van der Waals surface area contributed by atoms with Crippen LogP contribution in [0.2, 0.25) is 0 Å². The van der Waals surface area contributed by atoms with Crippen LogP contribution in [-0.4, -0.2) is 61.9 Å². The van der Waals surface area contributed by atoms with E-state index < -0.39 is 5.91 Å². The van der Waals surface area contributed by atoms with Gasteiger partial charge in [0.2, 0.25) is 6.41 Å². The number of hydrazine groups is 1. The number of carbonyl (C=O) groups excluding carboxylic acids is 2. The van der Waals surface area contributed by atoms with Crippen LogP contribution in [0.5, 0.6) is 0 Å². The van der Waals surface area contributed by atoms with E-state index in [0.717, 1.165) is 10.0 Å². The van der Waals surface area contributed by atoms with E-state index in [1.807, 2.05) is 6.07 Å². The van der Waals surface area contributed by atoms with Crippen LogP contribution in [0.15, 0.2) is 29.8 Å². The van der Waals surface area contributed by atoms with Crippen molar-refractivity contribution >= 4 is 23.8 Å². The first kappa shape index (κ1) is 17.5. The number of anilines is 1. The first-order valence-corrected chi connectivity index (χ1v) is 7.01. The van der Waals surface area contributed by atoms with E-state index in [-0.39, 0.29) is 23.0 Å². The molecule has 128 valence electrons. The van der Waals surface area contributed by atoms with Gasteiger partial charge in [-0.25, -0.2) is 15.0 Å². The molecule has 2 heterocycles. The second-order valence-corrected chi connectivity index (χ2v) is 4.80. The van der Waals surface area contributed by atoms with Crippen LogP contribution in [0.1, 0.15) is 12.5 Å². The molecule has 0 aliphatic heterocycles. The number of hydrogen-bond acceptors (Lipinski definition) is 8. The maximum absolute atomic E-state index is 12.2. The summed E-state index contributed by atoms with van der Waals surface area (Å²) >= 11 is 0. The molecule has 0 saturated heterocycles. The minimum Gasteiger partial charge on any atom is -0.277 e. The van der Waals surface area contributed by atoms with Crippen LogP contribution < -0.4 is 5.43 Å². The molecule has 0 aromatic carbocycles. The first-order valence-electron chi connectivity index (χ1n) is 7.01. The maximum atomic E-state index is 12.2. The minimum atomic E-state index is -0.498. The Balaban J connectivity index is 2.28. The van der Waals surface area contributed by atoms with E-state index in [1.54, 1.807) is 6.07 Å². The summed E-state index contributed by atoms with van der Waals surface area (Å²) in [6.07, 6.45) is 4.89. The summed E-state index contributed by atoms with van der Waals surface area (Å²) in [6, 6.07) is 3.61. The van der Waals surface area contributed by atoms with Crippen molar-refractivity contribution in [3.05, 3.63) is 30.2 Å². The molecule has 0 radical (unpaired) electrons. The van der Waals surface area contributed by atoms with Crippen molar-refractivity contribution in [1.29, 1.82) is 5.26 Å². The fourth-order valence-corrected chi connectivity index (χ4v) is 1.72. The second kappa shape index (κ2) is 7.64. The number of nitrogens with zero attached hydrogens (tertiary/aromatic N) is 8. The van der Waals surface area contributed by atoms with Gasteiger partial charge in [-0.15, -0.1) is 0 Å². The Morgan fingerprint density at radius 3 is 2.68 bits per heavy atom. The van der Waals surface area contributed by atoms with E-state index in [0.29, 0.717) is 6.41 Å². The van der Waals surface area contributed by atoms with Gasteiger partial charge in [0.05, 0.1) is 6.20 Å². The number of nitrogens with one attached hydrogen (secondary N) is 1. The third kappa shape index (κ3) is 3.75. The molecule has 0 aliphatic carbocycles. The van der Waals surface area contributed by atoms with E-state index >= 15 is 0 Å². The Labute approximate surface area is 143 Å². The minimum absolute atomic E-state index is 0.0711. The topological polar surface area (TPSA) is 132 Å². The van der Waals surface area contributed by atoms with Gasteiger partial charge < -0.3 is 0 Å². The van der Waals surface area contributed by atoms with Crippen LogP contribution in [-0.2, 0) is 9.59 Å². The smallest absolute Gasteiger partial charge is 0.277 e. The van der Waals surface area contributed by atoms with Gasteiger partial charge in [0.1, 0.15) is 17.3 Å². The van der Waals surface area contributed by atoms with Gasteiger partial charge in [0, 0.05) is 26.5 Å². The number of carbonyl (C=O) groups is 2. The molecular formula is C14H15N9O2. The molecule has 0 bridgehead atoms. The lowest BCUT2D eigenvalue weighted by molar-refractivity contribution is -0.145. The fourth-order valence-electron chi connectivity index (χ4n) is 1.72. The van der Waals surface area contributed by atoms with Crippen molar-refractivity contribution < 1.29 is 9.59 Å². The quantitative estimate of drug-likeness (QED) is 0.436. The van der Waals surface area contributed by atoms with E-state index in [2.05, 4.69) is 25.6 Å². The van der Waals surface area contributed by atoms with Crippen molar-refractivity contribution in [3.63, 3.8) is 0 Å². The Morgan fingerprint density at radius 2 is 2.08 bits per heavy atom. The Bertz CT molecular complexity index is 838. The highest BCUT2D eigenvalue weighted by molar-refractivity contribution is 6.37. The highest BCUT2D eigenvalue weighted by Gasteiger charge is 2.17. The summed E-state index contributed by atoms with van der Waals surface area (Å²) in [5.74, 6) is -0.0432. The number of aromatic nitrogens is 4. The Hall–Kier alpha value is -3.81. The molecule has 0 unspecified atom stereocenters. The molecule has 2 aromatic rings. The summed E-state index contributed by atoms with van der Waals surface area (Å²) in [5, 5.41) is 19.4. The molecule has 0 fully saturated rings. The predicted octanol–water partition coefficient (Wildman–Crippen LogP) is -0.217. The molecule has 0 atom stereocenters. The lowest BCUT2D eigenvalue weighted by atomic mass is 10.3. The lowest BCUT2D eigenvalue weighted by Gasteiger charge is -2.23. The third-order valence-electron chi connectivity index (χ3n) is 3.19. The van der Waals surface area contributed by atoms with Crippen LogP contribution in [0.25, 0.3) is 5.95 Å². The molecule has 2 aromatic heterocycles. The Kier molecular flexibility index (Phi) is 5.36. The SMILES string of the molecule is CC(=NNc1c(C#N)cnn1-c1ncccn1)C(=O)N(C)N(C)C=O. The molecule has 0 saturated carbocycles. The number of nitriles is 1. The van der Waals surface area contributed by atoms with E-state index in [9.17, 15) is 14.9 Å². The molecule has 2 rings (SSSR count). The molecule has 0 spiro atoms. The molecule has 1 N–H and O–H groups in total. The molecule has 11 nitrogen and oxygen atoms in total. The van der Waals surface area contributed by atoms with Crippen molar-refractivity contribution in [3.8, 4) is 12.0 Å². The van der Waals surface area contributed by atoms with Crippen molar-refractivity contribution in [2.45, 2.75) is 6.92 Å². The van der Waals surface area contributed by atoms with E-state index in [4.69, 9.17) is 0 Å². The highest BCUT2D eigenvalue weighted by atomic mass is 16.2.